The second kappa shape index (κ2) is 3.74. The highest BCUT2D eigenvalue weighted by Crippen LogP contribution is 2.75. The van der Waals surface area contributed by atoms with Gasteiger partial charge in [0.2, 0.25) is 0 Å². The van der Waals surface area contributed by atoms with Crippen LogP contribution >= 0.6 is 0 Å². The van der Waals surface area contributed by atoms with Gasteiger partial charge < -0.3 is 0 Å². The molecule has 1 nitrogen and oxygen atoms in total. The normalized spacial score (nSPS) is 46.3. The lowest BCUT2D eigenvalue weighted by Gasteiger charge is -2.57. The molecule has 10 bridgehead atoms. The first-order chi connectivity index (χ1) is 11.7. The van der Waals surface area contributed by atoms with Crippen LogP contribution < -0.4 is 0 Å². The van der Waals surface area contributed by atoms with Crippen LogP contribution in [0.15, 0.2) is 29.3 Å². The molecule has 7 aliphatic rings. The highest BCUT2D eigenvalue weighted by molar-refractivity contribution is 5.91. The van der Waals surface area contributed by atoms with Crippen molar-refractivity contribution >= 4 is 5.78 Å². The Morgan fingerprint density at radius 3 is 2.62 bits per heavy atom. The van der Waals surface area contributed by atoms with E-state index in [9.17, 15) is 4.79 Å². The molecule has 1 heteroatoms. The molecule has 2 fully saturated rings. The number of carbonyl (C=O) groups is 1. The Morgan fingerprint density at radius 2 is 1.75 bits per heavy atom. The predicted molar refractivity (Wildman–Crippen MR) is 92.9 cm³/mol. The number of Topliss-reactive ketones (excluding diaryl/α,β-unsaturated/α-hetero) is 1. The summed E-state index contributed by atoms with van der Waals surface area (Å²) in [6, 6.07) is 7.06. The Balaban J connectivity index is 1.69. The predicted octanol–water partition coefficient (Wildman–Crippen LogP) is 4.84. The summed E-state index contributed by atoms with van der Waals surface area (Å²) in [6.07, 6.45) is 11.3. The summed E-state index contributed by atoms with van der Waals surface area (Å²) in [6.45, 7) is 0. The lowest BCUT2D eigenvalue weighted by molar-refractivity contribution is -0.123. The van der Waals surface area contributed by atoms with Gasteiger partial charge in [-0.05, 0) is 79.9 Å². The van der Waals surface area contributed by atoms with Gasteiger partial charge in [0.15, 0.2) is 0 Å². The maximum atomic E-state index is 13.2. The quantitative estimate of drug-likeness (QED) is 0.626. The Hall–Kier alpha value is -1.37. The van der Waals surface area contributed by atoms with E-state index in [1.807, 2.05) is 11.1 Å². The monoisotopic (exact) mass is 316 g/mol. The van der Waals surface area contributed by atoms with E-state index in [1.54, 1.807) is 11.1 Å². The van der Waals surface area contributed by atoms with Crippen LogP contribution in [0.25, 0.3) is 0 Å². The van der Waals surface area contributed by atoms with Gasteiger partial charge in [-0.2, -0.15) is 0 Å². The van der Waals surface area contributed by atoms with E-state index < -0.39 is 0 Å². The zero-order valence-corrected chi connectivity index (χ0v) is 14.2. The Labute approximate surface area is 143 Å². The van der Waals surface area contributed by atoms with Crippen molar-refractivity contribution in [2.45, 2.75) is 69.1 Å². The molecule has 0 heterocycles. The van der Waals surface area contributed by atoms with Gasteiger partial charge in [0.05, 0.1) is 5.92 Å². The van der Waals surface area contributed by atoms with E-state index in [4.69, 9.17) is 0 Å². The number of ketones is 1. The summed E-state index contributed by atoms with van der Waals surface area (Å²) < 4.78 is 0. The molecule has 0 saturated heterocycles. The van der Waals surface area contributed by atoms with E-state index in [0.29, 0.717) is 11.2 Å². The zero-order chi connectivity index (χ0) is 15.7. The van der Waals surface area contributed by atoms with Gasteiger partial charge in [0.25, 0.3) is 0 Å². The van der Waals surface area contributed by atoms with Crippen molar-refractivity contribution in [1.82, 2.24) is 0 Å². The standard InChI is InChI=1S/C23H24O/c24-18-5-4-15-16-2-1-3-17(15)22-9-6-13(7-10-22)19-20(22)14-8-11-23(19,12-14)21(16)18/h1-3,13-14,21H,4-12H2. The maximum absolute atomic E-state index is 13.2. The molecular formula is C23H24O. The SMILES string of the molecule is O=C1CCc2c3cccc2C24CCC(CC2)C2=C4C4CCC2(C4)C13. The molecular weight excluding hydrogens is 292 g/mol. The van der Waals surface area contributed by atoms with Crippen molar-refractivity contribution < 1.29 is 4.79 Å². The molecule has 8 rings (SSSR count). The average Bonchev–Trinajstić information content (AvgIpc) is 3.20. The molecule has 24 heavy (non-hydrogen) atoms. The minimum atomic E-state index is 0.204. The summed E-state index contributed by atoms with van der Waals surface area (Å²) in [4.78, 5) is 13.2. The van der Waals surface area contributed by atoms with Crippen molar-refractivity contribution in [2.24, 2.45) is 17.3 Å². The summed E-state index contributed by atoms with van der Waals surface area (Å²) in [5.74, 6) is 2.38. The maximum Gasteiger partial charge on any atom is 0.141 e. The lowest BCUT2D eigenvalue weighted by Crippen LogP contribution is -2.49. The average molecular weight is 316 g/mol. The molecule has 0 radical (unpaired) electrons. The number of hydrogen-bond acceptors (Lipinski definition) is 1. The van der Waals surface area contributed by atoms with Gasteiger partial charge in [-0.1, -0.05) is 29.3 Å². The van der Waals surface area contributed by atoms with Crippen LogP contribution in [0.3, 0.4) is 0 Å². The van der Waals surface area contributed by atoms with Crippen LogP contribution in [0.2, 0.25) is 0 Å². The molecule has 3 unspecified atom stereocenters. The number of hydrogen-bond donors (Lipinski definition) is 0. The first-order valence-electron chi connectivity index (χ1n) is 10.1. The van der Waals surface area contributed by atoms with Crippen molar-refractivity contribution in [2.75, 3.05) is 0 Å². The second-order valence-electron chi connectivity index (χ2n) is 9.55. The fraction of sp³-hybridized carbons (Fsp3) is 0.609. The van der Waals surface area contributed by atoms with Crippen LogP contribution in [0, 0.1) is 17.3 Å². The van der Waals surface area contributed by atoms with Gasteiger partial charge in [0, 0.05) is 17.3 Å². The lowest BCUT2D eigenvalue weighted by atomic mass is 9.46. The minimum absolute atomic E-state index is 0.204. The molecule has 0 aromatic heterocycles. The summed E-state index contributed by atoms with van der Waals surface area (Å²) in [5.41, 5.74) is 9.05. The van der Waals surface area contributed by atoms with Crippen LogP contribution in [0.5, 0.6) is 0 Å². The van der Waals surface area contributed by atoms with Gasteiger partial charge in [0.1, 0.15) is 5.78 Å². The molecule has 1 aromatic carbocycles. The number of fused-ring (bicyclic) bond motifs is 3. The van der Waals surface area contributed by atoms with E-state index in [0.717, 1.165) is 24.7 Å². The first kappa shape index (κ1) is 12.9. The fourth-order valence-electron chi connectivity index (χ4n) is 8.60. The van der Waals surface area contributed by atoms with Crippen molar-refractivity contribution in [1.29, 1.82) is 0 Å². The third-order valence-electron chi connectivity index (χ3n) is 9.08. The summed E-state index contributed by atoms with van der Waals surface area (Å²) >= 11 is 0. The molecule has 0 amide bonds. The van der Waals surface area contributed by atoms with Crippen molar-refractivity contribution in [3.8, 4) is 0 Å². The smallest absolute Gasteiger partial charge is 0.141 e. The number of allylic oxidation sites excluding steroid dienone is 2. The highest BCUT2D eigenvalue weighted by Gasteiger charge is 2.66. The van der Waals surface area contributed by atoms with E-state index in [-0.39, 0.29) is 11.3 Å². The van der Waals surface area contributed by atoms with Crippen LogP contribution in [0.4, 0.5) is 0 Å². The molecule has 3 atom stereocenters. The van der Waals surface area contributed by atoms with E-state index in [2.05, 4.69) is 18.2 Å². The number of carbonyl (C=O) groups excluding carboxylic acids is 1. The van der Waals surface area contributed by atoms with Crippen molar-refractivity contribution in [3.63, 3.8) is 0 Å². The van der Waals surface area contributed by atoms with Crippen LogP contribution in [-0.2, 0) is 16.6 Å². The minimum Gasteiger partial charge on any atom is -0.299 e. The van der Waals surface area contributed by atoms with Gasteiger partial charge in [-0.3, -0.25) is 4.79 Å². The largest absolute Gasteiger partial charge is 0.299 e. The van der Waals surface area contributed by atoms with E-state index in [1.165, 1.54) is 50.5 Å². The molecule has 0 N–H and O–H groups in total. The second-order valence-corrected chi connectivity index (χ2v) is 9.55. The number of rotatable bonds is 0. The molecule has 122 valence electrons. The Kier molecular flexibility index (Phi) is 2.01. The molecule has 2 spiro atoms. The van der Waals surface area contributed by atoms with Crippen LogP contribution in [-0.4, -0.2) is 5.78 Å². The zero-order valence-electron chi connectivity index (χ0n) is 14.2. The van der Waals surface area contributed by atoms with Gasteiger partial charge in [-0.15, -0.1) is 0 Å². The Bertz CT molecular complexity index is 851. The highest BCUT2D eigenvalue weighted by atomic mass is 16.1. The molecule has 2 saturated carbocycles. The molecule has 1 aromatic rings. The van der Waals surface area contributed by atoms with Gasteiger partial charge >= 0.3 is 0 Å². The molecule has 0 aliphatic heterocycles. The Morgan fingerprint density at radius 1 is 0.917 bits per heavy atom. The topological polar surface area (TPSA) is 17.1 Å². The third kappa shape index (κ3) is 1.11. The van der Waals surface area contributed by atoms with Crippen LogP contribution in [0.1, 0.15) is 74.0 Å². The number of benzene rings is 1. The third-order valence-corrected chi connectivity index (χ3v) is 9.08. The first-order valence-corrected chi connectivity index (χ1v) is 10.1. The van der Waals surface area contributed by atoms with Crippen molar-refractivity contribution in [3.05, 3.63) is 46.0 Å². The van der Waals surface area contributed by atoms with Gasteiger partial charge in [-0.25, -0.2) is 0 Å². The fourth-order valence-corrected chi connectivity index (χ4v) is 8.60. The summed E-state index contributed by atoms with van der Waals surface area (Å²) in [7, 11) is 0. The summed E-state index contributed by atoms with van der Waals surface area (Å²) in [5, 5.41) is 0. The molecule has 7 aliphatic carbocycles. The van der Waals surface area contributed by atoms with E-state index >= 15 is 0 Å².